The highest BCUT2D eigenvalue weighted by molar-refractivity contribution is 7.88. The first-order chi connectivity index (χ1) is 16.9. The number of nitrogens with one attached hydrogen (secondary N) is 1. The Morgan fingerprint density at radius 1 is 0.914 bits per heavy atom. The summed E-state index contributed by atoms with van der Waals surface area (Å²) in [7, 11) is -3.45. The molecule has 5 aliphatic rings. The first-order valence-electron chi connectivity index (χ1n) is 13.3. The number of hydrogen-bond donors (Lipinski definition) is 1. The molecular formula is C29H36N2O3S. The molecule has 5 fully saturated rings. The number of hydrogen-bond acceptors (Lipinski definition) is 3. The van der Waals surface area contributed by atoms with E-state index in [2.05, 4.69) is 29.6 Å². The number of carbonyl (C=O) groups excluding carboxylic acids is 1. The number of carbonyl (C=O) groups is 1. The topological polar surface area (TPSA) is 66.5 Å². The van der Waals surface area contributed by atoms with Gasteiger partial charge in [0.25, 0.3) is 0 Å². The highest BCUT2D eigenvalue weighted by Gasteiger charge is 2.51. The largest absolute Gasteiger partial charge is 0.326 e. The maximum atomic E-state index is 13.1. The fourth-order valence-electron chi connectivity index (χ4n) is 7.90. The minimum absolute atomic E-state index is 0.0199. The monoisotopic (exact) mass is 492 g/mol. The minimum atomic E-state index is -3.45. The number of nitrogens with zero attached hydrogens (tertiary/aromatic N) is 1. The van der Waals surface area contributed by atoms with Crippen molar-refractivity contribution >= 4 is 21.6 Å². The molecule has 35 heavy (non-hydrogen) atoms. The van der Waals surface area contributed by atoms with Gasteiger partial charge < -0.3 is 5.32 Å². The summed E-state index contributed by atoms with van der Waals surface area (Å²) in [4.78, 5) is 13.1. The maximum Gasteiger partial charge on any atom is 0.228 e. The molecule has 5 nitrogen and oxygen atoms in total. The van der Waals surface area contributed by atoms with E-state index in [9.17, 15) is 13.2 Å². The molecule has 2 aromatic rings. The van der Waals surface area contributed by atoms with Crippen molar-refractivity contribution in [2.45, 2.75) is 62.5 Å². The van der Waals surface area contributed by atoms with Gasteiger partial charge in [0, 0.05) is 18.8 Å². The van der Waals surface area contributed by atoms with Crippen LogP contribution < -0.4 is 5.32 Å². The predicted octanol–water partition coefficient (Wildman–Crippen LogP) is 5.33. The van der Waals surface area contributed by atoms with E-state index in [0.29, 0.717) is 24.8 Å². The summed E-state index contributed by atoms with van der Waals surface area (Å²) >= 11 is 0. The normalized spacial score (nSPS) is 32.5. The van der Waals surface area contributed by atoms with Crippen molar-refractivity contribution in [1.82, 2.24) is 4.31 Å². The first-order valence-corrected chi connectivity index (χ1v) is 14.9. The van der Waals surface area contributed by atoms with E-state index in [4.69, 9.17) is 0 Å². The molecule has 1 heterocycles. The third-order valence-electron chi connectivity index (χ3n) is 9.14. The van der Waals surface area contributed by atoms with Crippen LogP contribution in [0.1, 0.15) is 62.5 Å². The van der Waals surface area contributed by atoms with Gasteiger partial charge in [-0.05, 0) is 97.8 Å². The molecule has 4 aliphatic carbocycles. The number of anilines is 1. The summed E-state index contributed by atoms with van der Waals surface area (Å²) in [6.45, 7) is 0.741. The Balaban J connectivity index is 1.09. The fraction of sp³-hybridized carbons (Fsp3) is 0.552. The van der Waals surface area contributed by atoms with Crippen molar-refractivity contribution in [2.24, 2.45) is 23.7 Å². The van der Waals surface area contributed by atoms with Gasteiger partial charge in [0.15, 0.2) is 0 Å². The SMILES string of the molecule is O=C(Nc1ccc(C23CC4CC(CC(C4)C2)C3)cc1)C1CCCN(S(=O)(=O)Cc2ccccc2)C1. The van der Waals surface area contributed by atoms with Crippen LogP contribution in [0.5, 0.6) is 0 Å². The quantitative estimate of drug-likeness (QED) is 0.592. The van der Waals surface area contributed by atoms with E-state index in [-0.39, 0.29) is 24.1 Å². The number of amides is 1. The molecule has 1 aliphatic heterocycles. The molecule has 186 valence electrons. The third kappa shape index (κ3) is 4.67. The lowest BCUT2D eigenvalue weighted by atomic mass is 9.48. The molecule has 2 aromatic carbocycles. The van der Waals surface area contributed by atoms with Crippen LogP contribution in [-0.4, -0.2) is 31.7 Å². The Kier molecular flexibility index (Phi) is 6.00. The lowest BCUT2D eigenvalue weighted by molar-refractivity contribution is -0.120. The van der Waals surface area contributed by atoms with E-state index in [1.54, 1.807) is 0 Å². The molecule has 4 bridgehead atoms. The molecular weight excluding hydrogens is 456 g/mol. The fourth-order valence-corrected chi connectivity index (χ4v) is 9.51. The highest BCUT2D eigenvalue weighted by atomic mass is 32.2. The van der Waals surface area contributed by atoms with E-state index < -0.39 is 10.0 Å². The predicted molar refractivity (Wildman–Crippen MR) is 138 cm³/mol. The average molecular weight is 493 g/mol. The third-order valence-corrected chi connectivity index (χ3v) is 11.0. The molecule has 1 N–H and O–H groups in total. The molecule has 0 radical (unpaired) electrons. The zero-order valence-electron chi connectivity index (χ0n) is 20.4. The smallest absolute Gasteiger partial charge is 0.228 e. The summed E-state index contributed by atoms with van der Waals surface area (Å²) < 4.78 is 27.5. The summed E-state index contributed by atoms with van der Waals surface area (Å²) in [5.74, 6) is 2.31. The Morgan fingerprint density at radius 3 is 2.17 bits per heavy atom. The Hall–Kier alpha value is -2.18. The van der Waals surface area contributed by atoms with Gasteiger partial charge in [-0.2, -0.15) is 0 Å². The van der Waals surface area contributed by atoms with Gasteiger partial charge in [-0.3, -0.25) is 4.79 Å². The van der Waals surface area contributed by atoms with Gasteiger partial charge in [0.2, 0.25) is 15.9 Å². The first kappa shape index (κ1) is 23.2. The van der Waals surface area contributed by atoms with Crippen molar-refractivity contribution in [3.05, 3.63) is 65.7 Å². The Labute approximate surface area is 209 Å². The van der Waals surface area contributed by atoms with Crippen molar-refractivity contribution in [2.75, 3.05) is 18.4 Å². The van der Waals surface area contributed by atoms with Crippen LogP contribution in [0, 0.1) is 23.7 Å². The van der Waals surface area contributed by atoms with Crippen molar-refractivity contribution in [3.63, 3.8) is 0 Å². The lowest BCUT2D eigenvalue weighted by Gasteiger charge is -2.57. The van der Waals surface area contributed by atoms with E-state index in [0.717, 1.165) is 29.0 Å². The number of benzene rings is 2. The Bertz CT molecular complexity index is 1140. The second kappa shape index (κ2) is 9.04. The number of sulfonamides is 1. The Morgan fingerprint density at radius 2 is 1.54 bits per heavy atom. The number of piperidine rings is 1. The van der Waals surface area contributed by atoms with Crippen LogP contribution in [0.25, 0.3) is 0 Å². The van der Waals surface area contributed by atoms with Crippen molar-refractivity contribution in [3.8, 4) is 0 Å². The summed E-state index contributed by atoms with van der Waals surface area (Å²) in [5.41, 5.74) is 3.39. The molecule has 6 heteroatoms. The van der Waals surface area contributed by atoms with Crippen LogP contribution in [-0.2, 0) is 26.0 Å². The zero-order valence-corrected chi connectivity index (χ0v) is 21.2. The van der Waals surface area contributed by atoms with Crippen LogP contribution in [0.3, 0.4) is 0 Å². The molecule has 0 spiro atoms. The van der Waals surface area contributed by atoms with Crippen LogP contribution in [0.15, 0.2) is 54.6 Å². The second-order valence-corrected chi connectivity index (χ2v) is 13.7. The second-order valence-electron chi connectivity index (χ2n) is 11.7. The van der Waals surface area contributed by atoms with Gasteiger partial charge in [0.1, 0.15) is 0 Å². The van der Waals surface area contributed by atoms with Crippen molar-refractivity contribution in [1.29, 1.82) is 0 Å². The molecule has 4 saturated carbocycles. The summed E-state index contributed by atoms with van der Waals surface area (Å²) in [5, 5.41) is 3.07. The molecule has 7 rings (SSSR count). The molecule has 1 amide bonds. The van der Waals surface area contributed by atoms with Crippen molar-refractivity contribution < 1.29 is 13.2 Å². The van der Waals surface area contributed by atoms with E-state index >= 15 is 0 Å². The number of rotatable bonds is 6. The van der Waals surface area contributed by atoms with Crippen LogP contribution in [0.4, 0.5) is 5.69 Å². The molecule has 1 atom stereocenters. The summed E-state index contributed by atoms with van der Waals surface area (Å²) in [6, 6.07) is 17.8. The highest BCUT2D eigenvalue weighted by Crippen LogP contribution is 2.60. The van der Waals surface area contributed by atoms with Crippen LogP contribution >= 0.6 is 0 Å². The van der Waals surface area contributed by atoms with Gasteiger partial charge in [-0.15, -0.1) is 0 Å². The van der Waals surface area contributed by atoms with Gasteiger partial charge >= 0.3 is 0 Å². The minimum Gasteiger partial charge on any atom is -0.326 e. The van der Waals surface area contributed by atoms with Gasteiger partial charge in [-0.1, -0.05) is 42.5 Å². The average Bonchev–Trinajstić information content (AvgIpc) is 2.84. The summed E-state index contributed by atoms with van der Waals surface area (Å²) in [6.07, 6.45) is 9.73. The maximum absolute atomic E-state index is 13.1. The molecule has 0 aromatic heterocycles. The lowest BCUT2D eigenvalue weighted by Crippen LogP contribution is -2.48. The van der Waals surface area contributed by atoms with Gasteiger partial charge in [0.05, 0.1) is 11.7 Å². The van der Waals surface area contributed by atoms with E-state index in [1.807, 2.05) is 30.3 Å². The standard InChI is InChI=1S/C29H36N2O3S/c32-28(25-7-4-12-31(19-25)35(33,34)20-21-5-2-1-3-6-21)30-27-10-8-26(9-11-27)29-16-22-13-23(17-29)15-24(14-22)18-29/h1-3,5-6,8-11,22-25H,4,7,12-20H2,(H,30,32). The van der Waals surface area contributed by atoms with E-state index in [1.165, 1.54) is 48.4 Å². The molecule has 1 saturated heterocycles. The van der Waals surface area contributed by atoms with Crippen LogP contribution in [0.2, 0.25) is 0 Å². The zero-order chi connectivity index (χ0) is 24.0. The van der Waals surface area contributed by atoms with Gasteiger partial charge in [-0.25, -0.2) is 12.7 Å². The molecule has 1 unspecified atom stereocenters.